The van der Waals surface area contributed by atoms with Crippen molar-refractivity contribution in [2.75, 3.05) is 11.1 Å². The number of aryl methyl sites for hydroxylation is 1. The summed E-state index contributed by atoms with van der Waals surface area (Å²) in [6, 6.07) is 10.9. The van der Waals surface area contributed by atoms with Crippen molar-refractivity contribution in [1.29, 1.82) is 0 Å². The Morgan fingerprint density at radius 3 is 2.46 bits per heavy atom. The van der Waals surface area contributed by atoms with Gasteiger partial charge in [-0.1, -0.05) is 76.4 Å². The molecule has 0 bridgehead atoms. The second-order valence-corrected chi connectivity index (χ2v) is 7.61. The molecule has 1 heterocycles. The van der Waals surface area contributed by atoms with Gasteiger partial charge in [0.25, 0.3) is 0 Å². The van der Waals surface area contributed by atoms with Gasteiger partial charge in [-0.15, -0.1) is 5.10 Å². The highest BCUT2D eigenvalue weighted by molar-refractivity contribution is 7.99. The van der Waals surface area contributed by atoms with Crippen molar-refractivity contribution < 1.29 is 4.79 Å². The fourth-order valence-electron chi connectivity index (χ4n) is 2.12. The third-order valence-corrected chi connectivity index (χ3v) is 5.06. The Hall–Kier alpha value is -1.73. The predicted octanol–water partition coefficient (Wildman–Crippen LogP) is 5.47. The van der Waals surface area contributed by atoms with E-state index in [1.165, 1.54) is 29.5 Å². The zero-order chi connectivity index (χ0) is 18.7. The van der Waals surface area contributed by atoms with Gasteiger partial charge in [0.15, 0.2) is 5.82 Å². The minimum absolute atomic E-state index is 0.112. The molecule has 3 rings (SSSR count). The lowest BCUT2D eigenvalue weighted by molar-refractivity contribution is -0.113. The maximum atomic E-state index is 12.1. The molecule has 0 unspecified atom stereocenters. The van der Waals surface area contributed by atoms with E-state index < -0.39 is 0 Å². The van der Waals surface area contributed by atoms with Crippen LogP contribution in [0.4, 0.5) is 5.69 Å². The van der Waals surface area contributed by atoms with Gasteiger partial charge in [-0.05, 0) is 19.1 Å². The number of H-pyrrole nitrogens is 1. The fraction of sp³-hybridized carbons (Fsp3) is 0.118. The van der Waals surface area contributed by atoms with E-state index in [9.17, 15) is 4.79 Å². The minimum atomic E-state index is -0.275. The first-order chi connectivity index (χ1) is 12.4. The first-order valence-corrected chi connectivity index (χ1v) is 9.61. The SMILES string of the molecule is Cc1ccc(-c2nc(SCC(=O)Nc3c(Cl)cc(Cl)cc3Cl)n[nH]2)cc1. The number of benzene rings is 2. The molecule has 2 N–H and O–H groups in total. The third kappa shape index (κ3) is 4.71. The highest BCUT2D eigenvalue weighted by Crippen LogP contribution is 2.33. The Morgan fingerprint density at radius 1 is 1.15 bits per heavy atom. The molecule has 0 atom stereocenters. The largest absolute Gasteiger partial charge is 0.323 e. The number of halogens is 3. The molecule has 26 heavy (non-hydrogen) atoms. The van der Waals surface area contributed by atoms with Crippen LogP contribution in [0.3, 0.4) is 0 Å². The zero-order valence-electron chi connectivity index (χ0n) is 13.5. The summed E-state index contributed by atoms with van der Waals surface area (Å²) in [7, 11) is 0. The topological polar surface area (TPSA) is 70.7 Å². The van der Waals surface area contributed by atoms with Crippen molar-refractivity contribution in [2.24, 2.45) is 0 Å². The standard InChI is InChI=1S/C17H13Cl3N4OS/c1-9-2-4-10(5-3-9)16-22-17(24-23-16)26-8-14(25)21-15-12(19)6-11(18)7-13(15)20/h2-7H,8H2,1H3,(H,21,25)(H,22,23,24). The molecule has 0 aliphatic carbocycles. The number of nitrogens with one attached hydrogen (secondary N) is 2. The predicted molar refractivity (Wildman–Crippen MR) is 107 cm³/mol. The number of hydrogen-bond acceptors (Lipinski definition) is 4. The number of rotatable bonds is 5. The lowest BCUT2D eigenvalue weighted by Crippen LogP contribution is -2.14. The van der Waals surface area contributed by atoms with Crippen LogP contribution in [0.15, 0.2) is 41.6 Å². The molecule has 0 radical (unpaired) electrons. The van der Waals surface area contributed by atoms with Gasteiger partial charge in [-0.2, -0.15) is 0 Å². The van der Waals surface area contributed by atoms with E-state index in [1.54, 1.807) is 0 Å². The summed E-state index contributed by atoms with van der Waals surface area (Å²) in [5.74, 6) is 0.486. The van der Waals surface area contributed by atoms with Gasteiger partial charge in [0.2, 0.25) is 11.1 Å². The molecule has 0 fully saturated rings. The second-order valence-electron chi connectivity index (χ2n) is 5.41. The Kier molecular flexibility index (Phi) is 6.09. The van der Waals surface area contributed by atoms with Crippen LogP contribution in [-0.2, 0) is 4.79 Å². The molecular weight excluding hydrogens is 415 g/mol. The monoisotopic (exact) mass is 426 g/mol. The molecule has 1 amide bonds. The van der Waals surface area contributed by atoms with E-state index >= 15 is 0 Å². The first-order valence-electron chi connectivity index (χ1n) is 7.49. The van der Waals surface area contributed by atoms with Gasteiger partial charge in [-0.25, -0.2) is 4.98 Å². The van der Waals surface area contributed by atoms with Crippen molar-refractivity contribution in [2.45, 2.75) is 12.1 Å². The number of anilines is 1. The molecule has 134 valence electrons. The Labute approximate surface area is 169 Å². The van der Waals surface area contributed by atoms with Gasteiger partial charge in [0, 0.05) is 10.6 Å². The number of aromatic amines is 1. The summed E-state index contributed by atoms with van der Waals surface area (Å²) in [4.78, 5) is 16.5. The lowest BCUT2D eigenvalue weighted by atomic mass is 10.1. The molecule has 0 aliphatic heterocycles. The summed E-state index contributed by atoms with van der Waals surface area (Å²) in [5.41, 5.74) is 2.43. The van der Waals surface area contributed by atoms with Crippen molar-refractivity contribution in [3.8, 4) is 11.4 Å². The smallest absolute Gasteiger partial charge is 0.234 e. The van der Waals surface area contributed by atoms with Crippen molar-refractivity contribution in [3.63, 3.8) is 0 Å². The van der Waals surface area contributed by atoms with Gasteiger partial charge >= 0.3 is 0 Å². The number of amides is 1. The molecule has 5 nitrogen and oxygen atoms in total. The first kappa shape index (κ1) is 19.0. The highest BCUT2D eigenvalue weighted by atomic mass is 35.5. The third-order valence-electron chi connectivity index (χ3n) is 3.39. The molecule has 0 saturated carbocycles. The number of carbonyl (C=O) groups is 1. The van der Waals surface area contributed by atoms with Crippen LogP contribution in [0, 0.1) is 6.92 Å². The quantitative estimate of drug-likeness (QED) is 0.530. The summed E-state index contributed by atoms with van der Waals surface area (Å²) in [6.07, 6.45) is 0. The van der Waals surface area contributed by atoms with Gasteiger partial charge in [0.05, 0.1) is 21.5 Å². The van der Waals surface area contributed by atoms with Crippen LogP contribution < -0.4 is 5.32 Å². The Bertz CT molecular complexity index is 920. The molecule has 0 aliphatic rings. The van der Waals surface area contributed by atoms with E-state index in [-0.39, 0.29) is 21.7 Å². The summed E-state index contributed by atoms with van der Waals surface area (Å²) in [5, 5.41) is 11.1. The van der Waals surface area contributed by atoms with Gasteiger partial charge in [0.1, 0.15) is 0 Å². The minimum Gasteiger partial charge on any atom is -0.323 e. The Morgan fingerprint density at radius 2 is 1.81 bits per heavy atom. The van der Waals surface area contributed by atoms with Crippen molar-refractivity contribution >= 4 is 58.2 Å². The molecule has 2 aromatic carbocycles. The van der Waals surface area contributed by atoms with E-state index in [2.05, 4.69) is 20.5 Å². The Balaban J connectivity index is 1.61. The maximum Gasteiger partial charge on any atom is 0.234 e. The van der Waals surface area contributed by atoms with Crippen LogP contribution in [0.2, 0.25) is 15.1 Å². The van der Waals surface area contributed by atoms with Crippen molar-refractivity contribution in [1.82, 2.24) is 15.2 Å². The average molecular weight is 428 g/mol. The molecule has 0 spiro atoms. The summed E-state index contributed by atoms with van der Waals surface area (Å²) < 4.78 is 0. The average Bonchev–Trinajstić information content (AvgIpc) is 3.06. The number of nitrogens with zero attached hydrogens (tertiary/aromatic N) is 2. The van der Waals surface area contributed by atoms with Crippen molar-refractivity contribution in [3.05, 3.63) is 57.0 Å². The maximum absolute atomic E-state index is 12.1. The summed E-state index contributed by atoms with van der Waals surface area (Å²) in [6.45, 7) is 2.02. The molecule has 1 aromatic heterocycles. The molecular formula is C17H13Cl3N4OS. The van der Waals surface area contributed by atoms with Crippen LogP contribution in [0.5, 0.6) is 0 Å². The molecule has 0 saturated heterocycles. The van der Waals surface area contributed by atoms with Crippen LogP contribution in [-0.4, -0.2) is 26.8 Å². The van der Waals surface area contributed by atoms with E-state index in [0.29, 0.717) is 21.7 Å². The number of thioether (sulfide) groups is 1. The molecule has 3 aromatic rings. The van der Waals surface area contributed by atoms with E-state index in [1.807, 2.05) is 31.2 Å². The molecule has 9 heteroatoms. The zero-order valence-corrected chi connectivity index (χ0v) is 16.6. The normalized spacial score (nSPS) is 10.8. The summed E-state index contributed by atoms with van der Waals surface area (Å²) >= 11 is 19.2. The number of carbonyl (C=O) groups excluding carboxylic acids is 1. The lowest BCUT2D eigenvalue weighted by Gasteiger charge is -2.09. The highest BCUT2D eigenvalue weighted by Gasteiger charge is 2.13. The fourth-order valence-corrected chi connectivity index (χ4v) is 3.63. The van der Waals surface area contributed by atoms with E-state index in [4.69, 9.17) is 34.8 Å². The van der Waals surface area contributed by atoms with Gasteiger partial charge in [-0.3, -0.25) is 9.89 Å². The van der Waals surface area contributed by atoms with E-state index in [0.717, 1.165) is 5.56 Å². The van der Waals surface area contributed by atoms with Crippen LogP contribution >= 0.6 is 46.6 Å². The van der Waals surface area contributed by atoms with Crippen LogP contribution in [0.1, 0.15) is 5.56 Å². The van der Waals surface area contributed by atoms with Crippen LogP contribution in [0.25, 0.3) is 11.4 Å². The number of aromatic nitrogens is 3. The van der Waals surface area contributed by atoms with Gasteiger partial charge < -0.3 is 5.32 Å². The number of hydrogen-bond donors (Lipinski definition) is 2. The second kappa shape index (κ2) is 8.31.